The van der Waals surface area contributed by atoms with Gasteiger partial charge in [0, 0.05) is 18.3 Å². The molecule has 1 aromatic heterocycles. The minimum atomic E-state index is 0.777. The van der Waals surface area contributed by atoms with Gasteiger partial charge in [-0.25, -0.2) is 4.98 Å². The standard InChI is InChI=1S/C12H21N3/c1-2-4-11-9-14-12(15-11)7-10-5-3-6-13-8-10/h9-10,13H,2-8H2,1H3,(H,14,15). The molecule has 1 aromatic rings. The molecule has 1 aliphatic heterocycles. The Labute approximate surface area is 91.7 Å². The van der Waals surface area contributed by atoms with E-state index in [2.05, 4.69) is 22.2 Å². The average Bonchev–Trinajstić information content (AvgIpc) is 2.68. The highest BCUT2D eigenvalue weighted by atomic mass is 14.9. The van der Waals surface area contributed by atoms with Crippen molar-refractivity contribution >= 4 is 0 Å². The molecule has 1 unspecified atom stereocenters. The van der Waals surface area contributed by atoms with Gasteiger partial charge in [-0.3, -0.25) is 0 Å². The molecule has 1 fully saturated rings. The first-order valence-electron chi connectivity index (χ1n) is 6.12. The Morgan fingerprint density at radius 1 is 1.53 bits per heavy atom. The van der Waals surface area contributed by atoms with Crippen molar-refractivity contribution in [3.8, 4) is 0 Å². The van der Waals surface area contributed by atoms with Crippen molar-refractivity contribution in [2.24, 2.45) is 5.92 Å². The van der Waals surface area contributed by atoms with Gasteiger partial charge in [0.2, 0.25) is 0 Å². The van der Waals surface area contributed by atoms with E-state index < -0.39 is 0 Å². The molecule has 84 valence electrons. The van der Waals surface area contributed by atoms with E-state index in [0.29, 0.717) is 0 Å². The lowest BCUT2D eigenvalue weighted by atomic mass is 9.96. The van der Waals surface area contributed by atoms with E-state index in [1.807, 2.05) is 6.20 Å². The van der Waals surface area contributed by atoms with Gasteiger partial charge in [0.15, 0.2) is 0 Å². The molecule has 0 aromatic carbocycles. The fourth-order valence-electron chi connectivity index (χ4n) is 2.28. The number of hydrogen-bond donors (Lipinski definition) is 2. The number of imidazole rings is 1. The van der Waals surface area contributed by atoms with Crippen LogP contribution in [-0.2, 0) is 12.8 Å². The minimum absolute atomic E-state index is 0.777. The van der Waals surface area contributed by atoms with Crippen molar-refractivity contribution in [2.75, 3.05) is 13.1 Å². The van der Waals surface area contributed by atoms with Crippen LogP contribution in [0, 0.1) is 5.92 Å². The molecule has 3 heteroatoms. The third-order valence-electron chi connectivity index (χ3n) is 3.08. The van der Waals surface area contributed by atoms with E-state index in [1.54, 1.807) is 0 Å². The lowest BCUT2D eigenvalue weighted by molar-refractivity contribution is 0.371. The van der Waals surface area contributed by atoms with Crippen molar-refractivity contribution < 1.29 is 0 Å². The van der Waals surface area contributed by atoms with Gasteiger partial charge in [0.1, 0.15) is 5.82 Å². The van der Waals surface area contributed by atoms with Gasteiger partial charge in [-0.15, -0.1) is 0 Å². The summed E-state index contributed by atoms with van der Waals surface area (Å²) in [6.07, 6.45) is 8.07. The maximum absolute atomic E-state index is 4.45. The summed E-state index contributed by atoms with van der Waals surface area (Å²) in [5.74, 6) is 1.95. The van der Waals surface area contributed by atoms with Crippen LogP contribution in [-0.4, -0.2) is 23.1 Å². The number of piperidine rings is 1. The molecule has 0 amide bonds. The summed E-state index contributed by atoms with van der Waals surface area (Å²) in [5.41, 5.74) is 1.29. The monoisotopic (exact) mass is 207 g/mol. The SMILES string of the molecule is CCCc1cnc(CC2CCCNC2)[nH]1. The zero-order chi connectivity index (χ0) is 10.5. The highest BCUT2D eigenvalue weighted by molar-refractivity contribution is 5.02. The van der Waals surface area contributed by atoms with Gasteiger partial charge >= 0.3 is 0 Å². The predicted octanol–water partition coefficient (Wildman–Crippen LogP) is 1.90. The summed E-state index contributed by atoms with van der Waals surface area (Å²) in [5, 5.41) is 3.45. The van der Waals surface area contributed by atoms with Crippen LogP contribution in [0.4, 0.5) is 0 Å². The van der Waals surface area contributed by atoms with Crippen LogP contribution in [0.2, 0.25) is 0 Å². The summed E-state index contributed by atoms with van der Waals surface area (Å²) >= 11 is 0. The van der Waals surface area contributed by atoms with Crippen LogP contribution in [0.3, 0.4) is 0 Å². The van der Waals surface area contributed by atoms with Crippen molar-refractivity contribution in [3.63, 3.8) is 0 Å². The van der Waals surface area contributed by atoms with Crippen molar-refractivity contribution in [3.05, 3.63) is 17.7 Å². The fraction of sp³-hybridized carbons (Fsp3) is 0.750. The average molecular weight is 207 g/mol. The van der Waals surface area contributed by atoms with E-state index in [4.69, 9.17) is 0 Å². The van der Waals surface area contributed by atoms with Crippen molar-refractivity contribution in [2.45, 2.75) is 39.0 Å². The second-order valence-corrected chi connectivity index (χ2v) is 4.52. The zero-order valence-corrected chi connectivity index (χ0v) is 9.55. The highest BCUT2D eigenvalue weighted by Crippen LogP contribution is 2.14. The first kappa shape index (κ1) is 10.7. The normalized spacial score (nSPS) is 21.8. The minimum Gasteiger partial charge on any atom is -0.346 e. The molecule has 2 rings (SSSR count). The van der Waals surface area contributed by atoms with Crippen LogP contribution in [0.15, 0.2) is 6.20 Å². The second-order valence-electron chi connectivity index (χ2n) is 4.52. The lowest BCUT2D eigenvalue weighted by Gasteiger charge is -2.21. The number of nitrogens with one attached hydrogen (secondary N) is 2. The Hall–Kier alpha value is -0.830. The molecule has 0 aliphatic carbocycles. The number of aromatic amines is 1. The number of aromatic nitrogens is 2. The zero-order valence-electron chi connectivity index (χ0n) is 9.55. The van der Waals surface area contributed by atoms with Crippen LogP contribution in [0.5, 0.6) is 0 Å². The molecule has 1 saturated heterocycles. The summed E-state index contributed by atoms with van der Waals surface area (Å²) in [7, 11) is 0. The largest absolute Gasteiger partial charge is 0.346 e. The van der Waals surface area contributed by atoms with E-state index in [1.165, 1.54) is 37.3 Å². The molecule has 1 atom stereocenters. The van der Waals surface area contributed by atoms with Gasteiger partial charge in [-0.05, 0) is 38.3 Å². The van der Waals surface area contributed by atoms with Gasteiger partial charge in [-0.2, -0.15) is 0 Å². The Morgan fingerprint density at radius 2 is 2.47 bits per heavy atom. The Kier molecular flexibility index (Phi) is 3.78. The third-order valence-corrected chi connectivity index (χ3v) is 3.08. The first-order chi connectivity index (χ1) is 7.38. The van der Waals surface area contributed by atoms with Crippen LogP contribution in [0.1, 0.15) is 37.7 Å². The molecular formula is C12H21N3. The Balaban J connectivity index is 1.86. The fourth-order valence-corrected chi connectivity index (χ4v) is 2.28. The van der Waals surface area contributed by atoms with Gasteiger partial charge < -0.3 is 10.3 Å². The van der Waals surface area contributed by atoms with E-state index in [0.717, 1.165) is 25.3 Å². The van der Waals surface area contributed by atoms with Crippen molar-refractivity contribution in [1.82, 2.24) is 15.3 Å². The molecule has 3 nitrogen and oxygen atoms in total. The Bertz CT molecular complexity index is 287. The van der Waals surface area contributed by atoms with Crippen LogP contribution < -0.4 is 5.32 Å². The molecule has 2 heterocycles. The molecule has 15 heavy (non-hydrogen) atoms. The van der Waals surface area contributed by atoms with Gasteiger partial charge in [0.05, 0.1) is 0 Å². The molecule has 0 bridgehead atoms. The van der Waals surface area contributed by atoms with E-state index in [9.17, 15) is 0 Å². The van der Waals surface area contributed by atoms with Gasteiger partial charge in [0.25, 0.3) is 0 Å². The van der Waals surface area contributed by atoms with E-state index >= 15 is 0 Å². The molecule has 1 aliphatic rings. The first-order valence-corrected chi connectivity index (χ1v) is 6.12. The number of rotatable bonds is 4. The molecule has 0 radical (unpaired) electrons. The molecule has 0 saturated carbocycles. The molecule has 0 spiro atoms. The Morgan fingerprint density at radius 3 is 3.20 bits per heavy atom. The molecular weight excluding hydrogens is 186 g/mol. The topological polar surface area (TPSA) is 40.7 Å². The lowest BCUT2D eigenvalue weighted by Crippen LogP contribution is -2.31. The van der Waals surface area contributed by atoms with Crippen LogP contribution in [0.25, 0.3) is 0 Å². The maximum atomic E-state index is 4.45. The summed E-state index contributed by atoms with van der Waals surface area (Å²) in [6, 6.07) is 0. The van der Waals surface area contributed by atoms with Crippen LogP contribution >= 0.6 is 0 Å². The number of H-pyrrole nitrogens is 1. The number of hydrogen-bond acceptors (Lipinski definition) is 2. The predicted molar refractivity (Wildman–Crippen MR) is 61.9 cm³/mol. The number of nitrogens with zero attached hydrogens (tertiary/aromatic N) is 1. The maximum Gasteiger partial charge on any atom is 0.106 e. The quantitative estimate of drug-likeness (QED) is 0.791. The third kappa shape index (κ3) is 3.06. The second kappa shape index (κ2) is 5.31. The van der Waals surface area contributed by atoms with Gasteiger partial charge in [-0.1, -0.05) is 13.3 Å². The summed E-state index contributed by atoms with van der Waals surface area (Å²) in [4.78, 5) is 7.87. The smallest absolute Gasteiger partial charge is 0.106 e. The van der Waals surface area contributed by atoms with E-state index in [-0.39, 0.29) is 0 Å². The highest BCUT2D eigenvalue weighted by Gasteiger charge is 2.14. The van der Waals surface area contributed by atoms with Crippen molar-refractivity contribution in [1.29, 1.82) is 0 Å². The molecule has 2 N–H and O–H groups in total. The summed E-state index contributed by atoms with van der Waals surface area (Å²) < 4.78 is 0. The number of aryl methyl sites for hydroxylation is 1. The summed E-state index contributed by atoms with van der Waals surface area (Å²) in [6.45, 7) is 4.55.